The molecule has 18 heavy (non-hydrogen) atoms. The van der Waals surface area contributed by atoms with Gasteiger partial charge in [0, 0.05) is 4.47 Å². The van der Waals surface area contributed by atoms with Gasteiger partial charge in [-0.3, -0.25) is 0 Å². The van der Waals surface area contributed by atoms with Crippen molar-refractivity contribution in [3.8, 4) is 0 Å². The van der Waals surface area contributed by atoms with E-state index in [4.69, 9.17) is 0 Å². The highest BCUT2D eigenvalue weighted by molar-refractivity contribution is 9.10. The van der Waals surface area contributed by atoms with Crippen molar-refractivity contribution in [1.82, 2.24) is 0 Å². The van der Waals surface area contributed by atoms with E-state index in [1.165, 1.54) is 42.0 Å². The van der Waals surface area contributed by atoms with Crippen LogP contribution in [0.4, 0.5) is 0 Å². The molecule has 94 valence electrons. The third-order valence-electron chi connectivity index (χ3n) is 4.31. The summed E-state index contributed by atoms with van der Waals surface area (Å²) >= 11 is 3.53. The van der Waals surface area contributed by atoms with E-state index in [0.717, 1.165) is 16.3 Å². The van der Waals surface area contributed by atoms with Crippen LogP contribution in [0.1, 0.15) is 44.1 Å². The third kappa shape index (κ3) is 2.47. The van der Waals surface area contributed by atoms with E-state index in [1.807, 2.05) is 0 Å². The molecule has 0 heterocycles. The Hall–Kier alpha value is -0.820. The van der Waals surface area contributed by atoms with Gasteiger partial charge in [0.25, 0.3) is 0 Å². The Balaban J connectivity index is 1.91. The van der Waals surface area contributed by atoms with Crippen molar-refractivity contribution in [3.05, 3.63) is 46.4 Å². The summed E-state index contributed by atoms with van der Waals surface area (Å²) in [6.07, 6.45) is 5.51. The molecule has 0 saturated heterocycles. The summed E-state index contributed by atoms with van der Waals surface area (Å²) in [4.78, 5) is 0. The average Bonchev–Trinajstić information content (AvgIpc) is 2.39. The van der Waals surface area contributed by atoms with Crippen LogP contribution in [0, 0.1) is 5.92 Å². The molecule has 0 nitrogen and oxygen atoms in total. The highest BCUT2D eigenvalue weighted by Crippen LogP contribution is 2.36. The minimum absolute atomic E-state index is 0.786. The van der Waals surface area contributed by atoms with Crippen LogP contribution in [0.5, 0.6) is 0 Å². The lowest BCUT2D eigenvalue weighted by atomic mass is 9.79. The van der Waals surface area contributed by atoms with Crippen LogP contribution < -0.4 is 0 Å². The number of halogens is 1. The monoisotopic (exact) mass is 302 g/mol. The molecule has 1 saturated carbocycles. The van der Waals surface area contributed by atoms with Gasteiger partial charge in [-0.2, -0.15) is 0 Å². The van der Waals surface area contributed by atoms with Gasteiger partial charge >= 0.3 is 0 Å². The second-order valence-corrected chi connectivity index (χ2v) is 6.62. The number of hydrogen-bond donors (Lipinski definition) is 0. The van der Waals surface area contributed by atoms with Crippen LogP contribution in [-0.2, 0) is 0 Å². The molecule has 2 aromatic carbocycles. The zero-order valence-electron chi connectivity index (χ0n) is 10.8. The molecule has 1 fully saturated rings. The average molecular weight is 303 g/mol. The maximum absolute atomic E-state index is 3.53. The van der Waals surface area contributed by atoms with Crippen molar-refractivity contribution in [3.63, 3.8) is 0 Å². The molecule has 0 N–H and O–H groups in total. The van der Waals surface area contributed by atoms with Crippen LogP contribution in [0.3, 0.4) is 0 Å². The molecule has 1 aliphatic carbocycles. The Bertz CT molecular complexity index is 551. The van der Waals surface area contributed by atoms with Gasteiger partial charge in [0.05, 0.1) is 0 Å². The zero-order valence-corrected chi connectivity index (χ0v) is 12.4. The number of fused-ring (bicyclic) bond motifs is 1. The maximum Gasteiger partial charge on any atom is 0.0181 e. The van der Waals surface area contributed by atoms with E-state index in [2.05, 4.69) is 59.3 Å². The summed E-state index contributed by atoms with van der Waals surface area (Å²) < 4.78 is 1.16. The van der Waals surface area contributed by atoms with Crippen LogP contribution >= 0.6 is 15.9 Å². The lowest BCUT2D eigenvalue weighted by molar-refractivity contribution is 0.348. The van der Waals surface area contributed by atoms with Crippen LogP contribution in [0.2, 0.25) is 0 Å². The van der Waals surface area contributed by atoms with Crippen LogP contribution in [0.25, 0.3) is 10.8 Å². The van der Waals surface area contributed by atoms with E-state index >= 15 is 0 Å². The summed E-state index contributed by atoms with van der Waals surface area (Å²) in [7, 11) is 0. The van der Waals surface area contributed by atoms with Crippen LogP contribution in [0.15, 0.2) is 40.9 Å². The Morgan fingerprint density at radius 2 is 1.56 bits per heavy atom. The molecule has 0 spiro atoms. The lowest BCUT2D eigenvalue weighted by Crippen LogP contribution is -2.10. The molecule has 1 heteroatoms. The second-order valence-electron chi connectivity index (χ2n) is 5.71. The fraction of sp³-hybridized carbons (Fsp3) is 0.412. The van der Waals surface area contributed by atoms with Crippen molar-refractivity contribution in [1.29, 1.82) is 0 Å². The van der Waals surface area contributed by atoms with E-state index < -0.39 is 0 Å². The number of benzene rings is 2. The minimum Gasteiger partial charge on any atom is -0.0625 e. The maximum atomic E-state index is 3.53. The van der Waals surface area contributed by atoms with Crippen LogP contribution in [-0.4, -0.2) is 0 Å². The van der Waals surface area contributed by atoms with Crippen molar-refractivity contribution >= 4 is 26.7 Å². The van der Waals surface area contributed by atoms with E-state index in [0.29, 0.717) is 0 Å². The Morgan fingerprint density at radius 3 is 2.33 bits per heavy atom. The van der Waals surface area contributed by atoms with Gasteiger partial charge in [-0.15, -0.1) is 0 Å². The third-order valence-corrected chi connectivity index (χ3v) is 4.81. The largest absolute Gasteiger partial charge is 0.0625 e. The van der Waals surface area contributed by atoms with Gasteiger partial charge in [0.15, 0.2) is 0 Å². The van der Waals surface area contributed by atoms with Gasteiger partial charge in [-0.25, -0.2) is 0 Å². The number of hydrogen-bond acceptors (Lipinski definition) is 0. The van der Waals surface area contributed by atoms with Crippen molar-refractivity contribution in [2.45, 2.75) is 38.5 Å². The zero-order chi connectivity index (χ0) is 12.5. The van der Waals surface area contributed by atoms with Gasteiger partial charge in [-0.1, -0.05) is 60.0 Å². The topological polar surface area (TPSA) is 0 Å². The van der Waals surface area contributed by atoms with Crippen molar-refractivity contribution in [2.75, 3.05) is 0 Å². The van der Waals surface area contributed by atoms with Crippen molar-refractivity contribution < 1.29 is 0 Å². The summed E-state index contributed by atoms with van der Waals surface area (Å²) in [5, 5.41) is 2.70. The van der Waals surface area contributed by atoms with Gasteiger partial charge < -0.3 is 0 Å². The summed E-state index contributed by atoms with van der Waals surface area (Å²) in [6, 6.07) is 13.5. The number of rotatable bonds is 1. The first-order valence-electron chi connectivity index (χ1n) is 6.91. The molecule has 0 bridgehead atoms. The molecular formula is C17H19Br. The first kappa shape index (κ1) is 12.2. The van der Waals surface area contributed by atoms with E-state index in [1.54, 1.807) is 0 Å². The second kappa shape index (κ2) is 5.05. The van der Waals surface area contributed by atoms with E-state index in [-0.39, 0.29) is 0 Å². The SMILES string of the molecule is C[C@H]1CC[C@H](c2ccc3cc(Br)ccc3c2)CC1. The van der Waals surface area contributed by atoms with E-state index in [9.17, 15) is 0 Å². The van der Waals surface area contributed by atoms with Gasteiger partial charge in [-0.05, 0) is 53.1 Å². The Kier molecular flexibility index (Phi) is 3.43. The molecule has 0 unspecified atom stereocenters. The quantitative estimate of drug-likeness (QED) is 0.615. The molecule has 0 amide bonds. The van der Waals surface area contributed by atoms with Crippen molar-refractivity contribution in [2.24, 2.45) is 5.92 Å². The Morgan fingerprint density at radius 1 is 0.889 bits per heavy atom. The molecule has 0 radical (unpaired) electrons. The summed E-state index contributed by atoms with van der Waals surface area (Å²) in [5.74, 6) is 1.71. The molecule has 0 aromatic heterocycles. The molecule has 3 rings (SSSR count). The first-order valence-corrected chi connectivity index (χ1v) is 7.71. The van der Waals surface area contributed by atoms with Gasteiger partial charge in [0.1, 0.15) is 0 Å². The normalized spacial score (nSPS) is 24.3. The highest BCUT2D eigenvalue weighted by Gasteiger charge is 2.19. The summed E-state index contributed by atoms with van der Waals surface area (Å²) in [6.45, 7) is 2.38. The fourth-order valence-corrected chi connectivity index (χ4v) is 3.46. The summed E-state index contributed by atoms with van der Waals surface area (Å²) in [5.41, 5.74) is 1.54. The molecule has 2 aromatic rings. The highest BCUT2D eigenvalue weighted by atomic mass is 79.9. The molecule has 1 aliphatic rings. The lowest BCUT2D eigenvalue weighted by Gasteiger charge is -2.26. The standard InChI is InChI=1S/C17H19Br/c1-12-2-4-13(5-3-12)14-6-7-16-11-17(18)9-8-15(16)10-14/h6-13H,2-5H2,1H3/t12-,13-. The molecule has 0 aliphatic heterocycles. The predicted octanol–water partition coefficient (Wildman–Crippen LogP) is 5.90. The van der Waals surface area contributed by atoms with Gasteiger partial charge in [0.2, 0.25) is 0 Å². The predicted molar refractivity (Wildman–Crippen MR) is 82.0 cm³/mol. The first-order chi connectivity index (χ1) is 8.72. The molecule has 0 atom stereocenters. The fourth-order valence-electron chi connectivity index (χ4n) is 3.08. The molecular weight excluding hydrogens is 284 g/mol. The minimum atomic E-state index is 0.786. The smallest absolute Gasteiger partial charge is 0.0181 e. The Labute approximate surface area is 118 Å².